The molecule has 0 radical (unpaired) electrons. The van der Waals surface area contributed by atoms with Crippen LogP contribution < -0.4 is 5.32 Å². The van der Waals surface area contributed by atoms with Gasteiger partial charge in [-0.25, -0.2) is 4.39 Å². The van der Waals surface area contributed by atoms with E-state index >= 15 is 0 Å². The topological polar surface area (TPSA) is 49.4 Å². The first kappa shape index (κ1) is 13.5. The van der Waals surface area contributed by atoms with Gasteiger partial charge in [0.1, 0.15) is 5.82 Å². The summed E-state index contributed by atoms with van der Waals surface area (Å²) in [4.78, 5) is 25.3. The monoisotopic (exact) mass is 264 g/mol. The van der Waals surface area contributed by atoms with E-state index in [0.717, 1.165) is 12.8 Å². The first-order valence-corrected chi connectivity index (χ1v) is 6.42. The van der Waals surface area contributed by atoms with Gasteiger partial charge < -0.3 is 10.2 Å². The molecule has 5 heteroatoms. The van der Waals surface area contributed by atoms with Crippen molar-refractivity contribution in [2.75, 3.05) is 18.4 Å². The van der Waals surface area contributed by atoms with Crippen LogP contribution in [0.2, 0.25) is 0 Å². The molecular formula is C14H17FN2O2. The zero-order valence-corrected chi connectivity index (χ0v) is 10.9. The van der Waals surface area contributed by atoms with E-state index < -0.39 is 11.8 Å². The zero-order valence-electron chi connectivity index (χ0n) is 10.9. The van der Waals surface area contributed by atoms with Crippen molar-refractivity contribution in [3.05, 3.63) is 30.1 Å². The second-order valence-electron chi connectivity index (χ2n) is 4.96. The SMILES string of the molecule is CC1CCCN(C(=O)C(=O)Nc2ccc(F)cc2)C1. The Bertz CT molecular complexity index is 473. The molecule has 0 aromatic heterocycles. The molecule has 1 N–H and O–H groups in total. The predicted molar refractivity (Wildman–Crippen MR) is 70.0 cm³/mol. The Morgan fingerprint density at radius 1 is 1.32 bits per heavy atom. The second-order valence-corrected chi connectivity index (χ2v) is 4.96. The van der Waals surface area contributed by atoms with Crippen LogP contribution in [0, 0.1) is 11.7 Å². The minimum absolute atomic E-state index is 0.380. The van der Waals surface area contributed by atoms with E-state index in [1.54, 1.807) is 4.90 Å². The van der Waals surface area contributed by atoms with Gasteiger partial charge in [0.05, 0.1) is 0 Å². The third-order valence-corrected chi connectivity index (χ3v) is 3.24. The van der Waals surface area contributed by atoms with Crippen molar-refractivity contribution in [2.45, 2.75) is 19.8 Å². The van der Waals surface area contributed by atoms with E-state index in [9.17, 15) is 14.0 Å². The Kier molecular flexibility index (Phi) is 4.14. The minimum Gasteiger partial charge on any atom is -0.334 e. The third kappa shape index (κ3) is 3.53. The van der Waals surface area contributed by atoms with Crippen molar-refractivity contribution in [1.82, 2.24) is 4.90 Å². The Hall–Kier alpha value is -1.91. The zero-order chi connectivity index (χ0) is 13.8. The fraction of sp³-hybridized carbons (Fsp3) is 0.429. The molecule has 4 nitrogen and oxygen atoms in total. The van der Waals surface area contributed by atoms with E-state index in [-0.39, 0.29) is 5.82 Å². The minimum atomic E-state index is -0.666. The lowest BCUT2D eigenvalue weighted by atomic mass is 10.0. The van der Waals surface area contributed by atoms with Crippen molar-refractivity contribution < 1.29 is 14.0 Å². The number of carbonyl (C=O) groups excluding carboxylic acids is 2. The average molecular weight is 264 g/mol. The maximum Gasteiger partial charge on any atom is 0.313 e. The van der Waals surface area contributed by atoms with E-state index in [1.807, 2.05) is 0 Å². The van der Waals surface area contributed by atoms with Crippen molar-refractivity contribution in [3.8, 4) is 0 Å². The molecule has 1 aromatic carbocycles. The average Bonchev–Trinajstić information content (AvgIpc) is 2.40. The van der Waals surface area contributed by atoms with E-state index in [1.165, 1.54) is 24.3 Å². The molecule has 0 spiro atoms. The fourth-order valence-corrected chi connectivity index (χ4v) is 2.24. The highest BCUT2D eigenvalue weighted by atomic mass is 19.1. The number of nitrogens with one attached hydrogen (secondary N) is 1. The van der Waals surface area contributed by atoms with Gasteiger partial charge in [-0.3, -0.25) is 9.59 Å². The van der Waals surface area contributed by atoms with Crippen LogP contribution in [-0.4, -0.2) is 29.8 Å². The lowest BCUT2D eigenvalue weighted by Gasteiger charge is -2.30. The molecule has 19 heavy (non-hydrogen) atoms. The number of carbonyl (C=O) groups is 2. The van der Waals surface area contributed by atoms with Gasteiger partial charge in [-0.2, -0.15) is 0 Å². The quantitative estimate of drug-likeness (QED) is 0.789. The number of hydrogen-bond donors (Lipinski definition) is 1. The Morgan fingerprint density at radius 3 is 2.63 bits per heavy atom. The van der Waals surface area contributed by atoms with Gasteiger partial charge in [-0.05, 0) is 43.0 Å². The van der Waals surface area contributed by atoms with Crippen LogP contribution in [0.25, 0.3) is 0 Å². The molecule has 1 fully saturated rings. The first-order valence-electron chi connectivity index (χ1n) is 6.42. The summed E-state index contributed by atoms with van der Waals surface area (Å²) in [6, 6.07) is 5.34. The maximum atomic E-state index is 12.7. The molecule has 1 heterocycles. The fourth-order valence-electron chi connectivity index (χ4n) is 2.24. The van der Waals surface area contributed by atoms with Gasteiger partial charge in [0.25, 0.3) is 0 Å². The summed E-state index contributed by atoms with van der Waals surface area (Å²) in [5.41, 5.74) is 0.421. The van der Waals surface area contributed by atoms with Crippen molar-refractivity contribution >= 4 is 17.5 Å². The predicted octanol–water partition coefficient (Wildman–Crippen LogP) is 2.02. The van der Waals surface area contributed by atoms with Gasteiger partial charge in [0.15, 0.2) is 0 Å². The largest absolute Gasteiger partial charge is 0.334 e. The Balaban J connectivity index is 1.95. The highest BCUT2D eigenvalue weighted by Crippen LogP contribution is 2.16. The summed E-state index contributed by atoms with van der Waals surface area (Å²) in [5.74, 6) is -1.14. The second kappa shape index (κ2) is 5.82. The summed E-state index contributed by atoms with van der Waals surface area (Å²) in [7, 11) is 0. The summed E-state index contributed by atoms with van der Waals surface area (Å²) in [5, 5.41) is 2.48. The normalized spacial score (nSPS) is 19.1. The number of rotatable bonds is 1. The summed E-state index contributed by atoms with van der Waals surface area (Å²) in [6.45, 7) is 3.31. The lowest BCUT2D eigenvalue weighted by molar-refractivity contribution is -0.144. The van der Waals surface area contributed by atoms with Gasteiger partial charge in [-0.15, -0.1) is 0 Å². The molecule has 0 aliphatic carbocycles. The number of benzene rings is 1. The molecule has 1 aliphatic heterocycles. The summed E-state index contributed by atoms with van der Waals surface area (Å²) < 4.78 is 12.7. The number of piperidine rings is 1. The third-order valence-electron chi connectivity index (χ3n) is 3.24. The number of hydrogen-bond acceptors (Lipinski definition) is 2. The maximum absolute atomic E-state index is 12.7. The van der Waals surface area contributed by atoms with Crippen LogP contribution in [-0.2, 0) is 9.59 Å². The molecule has 1 saturated heterocycles. The summed E-state index contributed by atoms with van der Waals surface area (Å²) in [6.07, 6.45) is 2.01. The van der Waals surface area contributed by atoms with Crippen molar-refractivity contribution in [3.63, 3.8) is 0 Å². The molecule has 2 amide bonds. The highest BCUT2D eigenvalue weighted by molar-refractivity contribution is 6.39. The summed E-state index contributed by atoms with van der Waals surface area (Å²) >= 11 is 0. The number of anilines is 1. The van der Waals surface area contributed by atoms with E-state index in [0.29, 0.717) is 24.7 Å². The molecule has 2 rings (SSSR count). The Morgan fingerprint density at radius 2 is 2.00 bits per heavy atom. The lowest BCUT2D eigenvalue weighted by Crippen LogP contribution is -2.44. The van der Waals surface area contributed by atoms with E-state index in [4.69, 9.17) is 0 Å². The highest BCUT2D eigenvalue weighted by Gasteiger charge is 2.25. The van der Waals surface area contributed by atoms with Crippen LogP contribution in [0.15, 0.2) is 24.3 Å². The molecule has 1 unspecified atom stereocenters. The van der Waals surface area contributed by atoms with Crippen molar-refractivity contribution in [1.29, 1.82) is 0 Å². The molecule has 102 valence electrons. The van der Waals surface area contributed by atoms with Crippen LogP contribution in [0.3, 0.4) is 0 Å². The Labute approximate surface area is 111 Å². The molecule has 1 aromatic rings. The first-order chi connectivity index (χ1) is 9.06. The molecule has 1 aliphatic rings. The smallest absolute Gasteiger partial charge is 0.313 e. The van der Waals surface area contributed by atoms with Crippen LogP contribution in [0.4, 0.5) is 10.1 Å². The molecule has 0 saturated carbocycles. The molecule has 0 bridgehead atoms. The van der Waals surface area contributed by atoms with Gasteiger partial charge >= 0.3 is 11.8 Å². The molecular weight excluding hydrogens is 247 g/mol. The van der Waals surface area contributed by atoms with Gasteiger partial charge in [-0.1, -0.05) is 6.92 Å². The number of amides is 2. The number of nitrogens with zero attached hydrogens (tertiary/aromatic N) is 1. The number of halogens is 1. The van der Waals surface area contributed by atoms with Gasteiger partial charge in [0.2, 0.25) is 0 Å². The van der Waals surface area contributed by atoms with Gasteiger partial charge in [0, 0.05) is 18.8 Å². The molecule has 1 atom stereocenters. The van der Waals surface area contributed by atoms with Crippen molar-refractivity contribution in [2.24, 2.45) is 5.92 Å². The van der Waals surface area contributed by atoms with Crippen LogP contribution in [0.1, 0.15) is 19.8 Å². The number of likely N-dealkylation sites (tertiary alicyclic amines) is 1. The van der Waals surface area contributed by atoms with E-state index in [2.05, 4.69) is 12.2 Å². The van der Waals surface area contributed by atoms with Crippen LogP contribution in [0.5, 0.6) is 0 Å². The van der Waals surface area contributed by atoms with Crippen LogP contribution >= 0.6 is 0 Å². The standard InChI is InChI=1S/C14H17FN2O2/c1-10-3-2-8-17(9-10)14(19)13(18)16-12-6-4-11(15)5-7-12/h4-7,10H,2-3,8-9H2,1H3,(H,16,18).